The highest BCUT2D eigenvalue weighted by Gasteiger charge is 2.28. The monoisotopic (exact) mass is 329 g/mol. The summed E-state index contributed by atoms with van der Waals surface area (Å²) in [5.41, 5.74) is -0.990. The molecule has 1 amide bonds. The summed E-state index contributed by atoms with van der Waals surface area (Å²) in [6.07, 6.45) is 1.61. The molecule has 6 nitrogen and oxygen atoms in total. The van der Waals surface area contributed by atoms with E-state index < -0.39 is 11.2 Å². The van der Waals surface area contributed by atoms with E-state index >= 15 is 0 Å². The van der Waals surface area contributed by atoms with Crippen molar-refractivity contribution in [2.75, 3.05) is 26.3 Å². The molecule has 1 heterocycles. The van der Waals surface area contributed by atoms with Gasteiger partial charge < -0.3 is 19.1 Å². The molecule has 0 spiro atoms. The second-order valence-electron chi connectivity index (χ2n) is 8.04. The molecule has 1 aliphatic rings. The summed E-state index contributed by atoms with van der Waals surface area (Å²) in [5, 5.41) is 0. The molecule has 1 aliphatic heterocycles. The molecule has 0 aliphatic carbocycles. The lowest BCUT2D eigenvalue weighted by Crippen LogP contribution is -2.44. The van der Waals surface area contributed by atoms with Crippen LogP contribution in [0.2, 0.25) is 0 Å². The van der Waals surface area contributed by atoms with Gasteiger partial charge in [0, 0.05) is 19.0 Å². The van der Waals surface area contributed by atoms with Crippen molar-refractivity contribution in [1.82, 2.24) is 4.90 Å². The molecule has 0 aromatic heterocycles. The molecule has 0 N–H and O–H groups in total. The molecule has 0 bridgehead atoms. The van der Waals surface area contributed by atoms with E-state index in [9.17, 15) is 9.59 Å². The molecule has 1 atom stereocenters. The number of carbonyl (C=O) groups excluding carboxylic acids is 2. The third-order valence-electron chi connectivity index (χ3n) is 3.16. The zero-order chi connectivity index (χ0) is 17.7. The van der Waals surface area contributed by atoms with Crippen LogP contribution in [0.5, 0.6) is 0 Å². The summed E-state index contributed by atoms with van der Waals surface area (Å²) in [7, 11) is 0. The standard InChI is InChI=1S/C17H31NO5/c1-16(2,3)22-14(19)12-21-11-13-8-7-9-18(10-13)15(20)23-17(4,5)6/h13H,7-12H2,1-6H3/t13-/m0/s1. The van der Waals surface area contributed by atoms with Crippen molar-refractivity contribution < 1.29 is 23.8 Å². The smallest absolute Gasteiger partial charge is 0.410 e. The van der Waals surface area contributed by atoms with Crippen LogP contribution in [0.15, 0.2) is 0 Å². The van der Waals surface area contributed by atoms with Crippen LogP contribution in [0.4, 0.5) is 4.79 Å². The van der Waals surface area contributed by atoms with Gasteiger partial charge in [0.05, 0.1) is 6.61 Å². The summed E-state index contributed by atoms with van der Waals surface area (Å²) >= 11 is 0. The largest absolute Gasteiger partial charge is 0.458 e. The van der Waals surface area contributed by atoms with Gasteiger partial charge in [-0.15, -0.1) is 0 Å². The lowest BCUT2D eigenvalue weighted by molar-refractivity contribution is -0.160. The van der Waals surface area contributed by atoms with E-state index in [2.05, 4.69) is 0 Å². The number of likely N-dealkylation sites (tertiary alicyclic amines) is 1. The van der Waals surface area contributed by atoms with E-state index in [1.165, 1.54) is 0 Å². The molecule has 1 saturated heterocycles. The van der Waals surface area contributed by atoms with Gasteiger partial charge in [0.1, 0.15) is 17.8 Å². The number of hydrogen-bond acceptors (Lipinski definition) is 5. The molecular formula is C17H31NO5. The molecule has 6 heteroatoms. The number of amides is 1. The third-order valence-corrected chi connectivity index (χ3v) is 3.16. The Labute approximate surface area is 139 Å². The quantitative estimate of drug-likeness (QED) is 0.742. The molecule has 0 aromatic carbocycles. The molecule has 1 rings (SSSR count). The average Bonchev–Trinajstić information content (AvgIpc) is 2.35. The van der Waals surface area contributed by atoms with Gasteiger partial charge in [0.2, 0.25) is 0 Å². The Hall–Kier alpha value is -1.30. The molecule has 0 radical (unpaired) electrons. The van der Waals surface area contributed by atoms with Crippen LogP contribution in [0.1, 0.15) is 54.4 Å². The SMILES string of the molecule is CC(C)(C)OC(=O)COC[C@H]1CCCN(C(=O)OC(C)(C)C)C1. The summed E-state index contributed by atoms with van der Waals surface area (Å²) in [6, 6.07) is 0. The van der Waals surface area contributed by atoms with Gasteiger partial charge in [-0.1, -0.05) is 0 Å². The van der Waals surface area contributed by atoms with Crippen LogP contribution in [0, 0.1) is 5.92 Å². The van der Waals surface area contributed by atoms with Gasteiger partial charge in [0.15, 0.2) is 0 Å². The van der Waals surface area contributed by atoms with Crippen molar-refractivity contribution in [3.63, 3.8) is 0 Å². The van der Waals surface area contributed by atoms with Gasteiger partial charge in [-0.2, -0.15) is 0 Å². The zero-order valence-electron chi connectivity index (χ0n) is 15.3. The fourth-order valence-electron chi connectivity index (χ4n) is 2.37. The number of ether oxygens (including phenoxy) is 3. The number of hydrogen-bond donors (Lipinski definition) is 0. The summed E-state index contributed by atoms with van der Waals surface area (Å²) in [4.78, 5) is 25.4. The molecule has 0 aromatic rings. The lowest BCUT2D eigenvalue weighted by Gasteiger charge is -2.34. The maximum Gasteiger partial charge on any atom is 0.410 e. The number of nitrogens with zero attached hydrogens (tertiary/aromatic N) is 1. The molecule has 134 valence electrons. The Morgan fingerprint density at radius 1 is 1.04 bits per heavy atom. The predicted octanol–water partition coefficient (Wildman–Crippen LogP) is 2.99. The predicted molar refractivity (Wildman–Crippen MR) is 87.2 cm³/mol. The molecule has 0 unspecified atom stereocenters. The maximum atomic E-state index is 12.1. The Kier molecular flexibility index (Phi) is 6.86. The number of rotatable bonds is 4. The minimum atomic E-state index is -0.501. The van der Waals surface area contributed by atoms with Crippen LogP contribution in [0.25, 0.3) is 0 Å². The fourth-order valence-corrected chi connectivity index (χ4v) is 2.37. The van der Waals surface area contributed by atoms with Crippen LogP contribution in [-0.4, -0.2) is 54.5 Å². The first-order valence-corrected chi connectivity index (χ1v) is 8.24. The highest BCUT2D eigenvalue weighted by Crippen LogP contribution is 2.19. The van der Waals surface area contributed by atoms with Crippen LogP contribution >= 0.6 is 0 Å². The van der Waals surface area contributed by atoms with E-state index in [-0.39, 0.29) is 24.6 Å². The van der Waals surface area contributed by atoms with Crippen molar-refractivity contribution in [1.29, 1.82) is 0 Å². The summed E-state index contributed by atoms with van der Waals surface area (Å²) in [5.74, 6) is -0.143. The molecule has 0 saturated carbocycles. The van der Waals surface area contributed by atoms with Gasteiger partial charge in [-0.3, -0.25) is 0 Å². The second-order valence-corrected chi connectivity index (χ2v) is 8.04. The van der Waals surface area contributed by atoms with Crippen LogP contribution in [-0.2, 0) is 19.0 Å². The normalized spacial score (nSPS) is 19.4. The lowest BCUT2D eigenvalue weighted by atomic mass is 9.99. The molecular weight excluding hydrogens is 298 g/mol. The average molecular weight is 329 g/mol. The van der Waals surface area contributed by atoms with Crippen molar-refractivity contribution in [3.8, 4) is 0 Å². The Bertz CT molecular complexity index is 408. The Balaban J connectivity index is 2.33. The van der Waals surface area contributed by atoms with E-state index in [1.807, 2.05) is 41.5 Å². The summed E-state index contributed by atoms with van der Waals surface area (Å²) in [6.45, 7) is 12.7. The van der Waals surface area contributed by atoms with E-state index in [4.69, 9.17) is 14.2 Å². The van der Waals surface area contributed by atoms with Crippen molar-refractivity contribution in [2.24, 2.45) is 5.92 Å². The van der Waals surface area contributed by atoms with E-state index in [1.54, 1.807) is 4.90 Å². The van der Waals surface area contributed by atoms with E-state index in [0.29, 0.717) is 19.7 Å². The highest BCUT2D eigenvalue weighted by molar-refractivity contribution is 5.71. The number of carbonyl (C=O) groups is 2. The zero-order valence-corrected chi connectivity index (χ0v) is 15.3. The molecule has 1 fully saturated rings. The van der Waals surface area contributed by atoms with Crippen LogP contribution in [0.3, 0.4) is 0 Å². The second kappa shape index (κ2) is 7.99. The first kappa shape index (κ1) is 19.7. The molecule has 23 heavy (non-hydrogen) atoms. The topological polar surface area (TPSA) is 65.1 Å². The van der Waals surface area contributed by atoms with Crippen molar-refractivity contribution >= 4 is 12.1 Å². The van der Waals surface area contributed by atoms with Gasteiger partial charge in [0.25, 0.3) is 0 Å². The van der Waals surface area contributed by atoms with Crippen molar-refractivity contribution in [3.05, 3.63) is 0 Å². The Morgan fingerprint density at radius 2 is 1.65 bits per heavy atom. The highest BCUT2D eigenvalue weighted by atomic mass is 16.6. The van der Waals surface area contributed by atoms with Gasteiger partial charge in [-0.05, 0) is 54.4 Å². The number of esters is 1. The first-order valence-electron chi connectivity index (χ1n) is 8.24. The van der Waals surface area contributed by atoms with Crippen molar-refractivity contribution in [2.45, 2.75) is 65.6 Å². The third kappa shape index (κ3) is 8.79. The van der Waals surface area contributed by atoms with Crippen LogP contribution < -0.4 is 0 Å². The minimum absolute atomic E-state index is 0.0553. The number of piperidine rings is 1. The van der Waals surface area contributed by atoms with Gasteiger partial charge >= 0.3 is 12.1 Å². The van der Waals surface area contributed by atoms with E-state index in [0.717, 1.165) is 12.8 Å². The maximum absolute atomic E-state index is 12.1. The fraction of sp³-hybridized carbons (Fsp3) is 0.882. The minimum Gasteiger partial charge on any atom is -0.458 e. The summed E-state index contributed by atoms with van der Waals surface area (Å²) < 4.78 is 16.0. The first-order chi connectivity index (χ1) is 10.5. The van der Waals surface area contributed by atoms with Gasteiger partial charge in [-0.25, -0.2) is 9.59 Å². The Morgan fingerprint density at radius 3 is 2.22 bits per heavy atom.